The van der Waals surface area contributed by atoms with E-state index >= 15 is 0 Å². The zero-order valence-electron chi connectivity index (χ0n) is 9.76. The molecule has 4 heteroatoms. The summed E-state index contributed by atoms with van der Waals surface area (Å²) in [6, 6.07) is 2.97. The van der Waals surface area contributed by atoms with Crippen LogP contribution in [0, 0.1) is 6.92 Å². The monoisotopic (exact) mass is 218 g/mol. The highest BCUT2D eigenvalue weighted by molar-refractivity contribution is 5.39. The molecule has 1 saturated heterocycles. The molecule has 1 aromatic rings. The number of piperazine rings is 1. The molecule has 4 nitrogen and oxygen atoms in total. The second-order valence-corrected chi connectivity index (χ2v) is 4.77. The number of hydrogen-bond acceptors (Lipinski definition) is 4. The van der Waals surface area contributed by atoms with Crippen LogP contribution in [0.2, 0.25) is 0 Å². The van der Waals surface area contributed by atoms with E-state index in [9.17, 15) is 0 Å². The fourth-order valence-electron chi connectivity index (χ4n) is 2.37. The lowest BCUT2D eigenvalue weighted by Crippen LogP contribution is -2.47. The van der Waals surface area contributed by atoms with Gasteiger partial charge in [0.15, 0.2) is 0 Å². The van der Waals surface area contributed by atoms with Gasteiger partial charge in [0.1, 0.15) is 12.1 Å². The molecule has 3 rings (SSSR count). The van der Waals surface area contributed by atoms with Crippen molar-refractivity contribution in [3.05, 3.63) is 18.1 Å². The van der Waals surface area contributed by atoms with Crippen molar-refractivity contribution < 1.29 is 0 Å². The fourth-order valence-corrected chi connectivity index (χ4v) is 2.37. The molecule has 0 amide bonds. The molecule has 2 fully saturated rings. The number of rotatable bonds is 2. The quantitative estimate of drug-likeness (QED) is 0.743. The highest BCUT2D eigenvalue weighted by Crippen LogP contribution is 2.28. The van der Waals surface area contributed by atoms with Crippen LogP contribution >= 0.6 is 0 Å². The van der Waals surface area contributed by atoms with Crippen LogP contribution in [0.4, 0.5) is 5.82 Å². The first-order valence-corrected chi connectivity index (χ1v) is 6.10. The number of aryl methyl sites for hydroxylation is 1. The average molecular weight is 218 g/mol. The molecule has 1 aliphatic carbocycles. The minimum Gasteiger partial charge on any atom is -0.354 e. The molecule has 0 atom stereocenters. The number of nitrogens with zero attached hydrogens (tertiary/aromatic N) is 4. The number of anilines is 1. The van der Waals surface area contributed by atoms with Crippen molar-refractivity contribution >= 4 is 5.82 Å². The van der Waals surface area contributed by atoms with E-state index in [1.165, 1.54) is 25.9 Å². The molecule has 1 aliphatic heterocycles. The highest BCUT2D eigenvalue weighted by atomic mass is 15.3. The molecule has 0 N–H and O–H groups in total. The Bertz CT molecular complexity index is 367. The molecule has 1 saturated carbocycles. The molecule has 86 valence electrons. The first-order valence-electron chi connectivity index (χ1n) is 6.10. The smallest absolute Gasteiger partial charge is 0.132 e. The number of aromatic nitrogens is 2. The summed E-state index contributed by atoms with van der Waals surface area (Å²) in [6.07, 6.45) is 4.48. The molecule has 1 aromatic heterocycles. The molecule has 2 heterocycles. The van der Waals surface area contributed by atoms with Crippen molar-refractivity contribution in [3.8, 4) is 0 Å². The van der Waals surface area contributed by atoms with Crippen molar-refractivity contribution in [1.29, 1.82) is 0 Å². The Kier molecular flexibility index (Phi) is 2.52. The summed E-state index contributed by atoms with van der Waals surface area (Å²) in [5.74, 6) is 1.09. The molecule has 16 heavy (non-hydrogen) atoms. The van der Waals surface area contributed by atoms with E-state index in [1.807, 2.05) is 6.92 Å². The summed E-state index contributed by atoms with van der Waals surface area (Å²) < 4.78 is 0. The summed E-state index contributed by atoms with van der Waals surface area (Å²) in [5, 5.41) is 0. The van der Waals surface area contributed by atoms with Gasteiger partial charge in [0.05, 0.1) is 0 Å². The zero-order valence-corrected chi connectivity index (χ0v) is 9.76. The summed E-state index contributed by atoms with van der Waals surface area (Å²) in [6.45, 7) is 6.60. The predicted octanol–water partition coefficient (Wildman–Crippen LogP) is 1.07. The Hall–Kier alpha value is -1.16. The van der Waals surface area contributed by atoms with Gasteiger partial charge in [-0.25, -0.2) is 9.97 Å². The van der Waals surface area contributed by atoms with Crippen LogP contribution in [0.25, 0.3) is 0 Å². The van der Waals surface area contributed by atoms with Crippen LogP contribution in [0.15, 0.2) is 12.4 Å². The molecule has 0 bridgehead atoms. The third-order valence-electron chi connectivity index (χ3n) is 3.49. The summed E-state index contributed by atoms with van der Waals surface area (Å²) in [4.78, 5) is 13.5. The van der Waals surface area contributed by atoms with Gasteiger partial charge in [-0.05, 0) is 19.8 Å². The number of hydrogen-bond donors (Lipinski definition) is 0. The van der Waals surface area contributed by atoms with Gasteiger partial charge >= 0.3 is 0 Å². The summed E-state index contributed by atoms with van der Waals surface area (Å²) >= 11 is 0. The average Bonchev–Trinajstić information content (AvgIpc) is 3.13. The summed E-state index contributed by atoms with van der Waals surface area (Å²) in [7, 11) is 0. The van der Waals surface area contributed by atoms with Crippen molar-refractivity contribution in [2.45, 2.75) is 25.8 Å². The van der Waals surface area contributed by atoms with Crippen LogP contribution in [0.1, 0.15) is 18.5 Å². The first kappa shape index (κ1) is 10.0. The Labute approximate surface area is 96.3 Å². The molecule has 0 spiro atoms. The predicted molar refractivity (Wildman–Crippen MR) is 63.6 cm³/mol. The maximum atomic E-state index is 4.35. The Balaban J connectivity index is 1.64. The van der Waals surface area contributed by atoms with E-state index < -0.39 is 0 Å². The van der Waals surface area contributed by atoms with Gasteiger partial charge in [-0.15, -0.1) is 0 Å². The van der Waals surface area contributed by atoms with Crippen LogP contribution < -0.4 is 4.90 Å². The first-order chi connectivity index (χ1) is 7.83. The Morgan fingerprint density at radius 2 is 1.88 bits per heavy atom. The Morgan fingerprint density at radius 3 is 2.50 bits per heavy atom. The third kappa shape index (κ3) is 2.02. The molecule has 0 aromatic carbocycles. The van der Waals surface area contributed by atoms with Gasteiger partial charge in [-0.3, -0.25) is 4.90 Å². The maximum Gasteiger partial charge on any atom is 0.132 e. The second-order valence-electron chi connectivity index (χ2n) is 4.77. The zero-order chi connectivity index (χ0) is 11.0. The van der Waals surface area contributed by atoms with Crippen LogP contribution in [-0.2, 0) is 0 Å². The topological polar surface area (TPSA) is 32.3 Å². The van der Waals surface area contributed by atoms with E-state index in [2.05, 4.69) is 25.8 Å². The molecular formula is C12H18N4. The van der Waals surface area contributed by atoms with Crippen molar-refractivity contribution in [2.24, 2.45) is 0 Å². The third-order valence-corrected chi connectivity index (χ3v) is 3.49. The largest absolute Gasteiger partial charge is 0.354 e. The lowest BCUT2D eigenvalue weighted by Gasteiger charge is -2.35. The second kappa shape index (κ2) is 4.01. The Morgan fingerprint density at radius 1 is 1.12 bits per heavy atom. The normalized spacial score (nSPS) is 22.4. The van der Waals surface area contributed by atoms with E-state index in [0.717, 1.165) is 30.6 Å². The minimum atomic E-state index is 0.897. The molecular weight excluding hydrogens is 200 g/mol. The van der Waals surface area contributed by atoms with Gasteiger partial charge in [0.2, 0.25) is 0 Å². The lowest BCUT2D eigenvalue weighted by atomic mass is 10.3. The van der Waals surface area contributed by atoms with Crippen LogP contribution in [0.5, 0.6) is 0 Å². The minimum absolute atomic E-state index is 0.897. The van der Waals surface area contributed by atoms with E-state index in [0.29, 0.717) is 0 Å². The van der Waals surface area contributed by atoms with Crippen LogP contribution in [-0.4, -0.2) is 47.1 Å². The van der Waals surface area contributed by atoms with Crippen molar-refractivity contribution in [2.75, 3.05) is 31.1 Å². The van der Waals surface area contributed by atoms with Gasteiger partial charge in [-0.2, -0.15) is 0 Å². The van der Waals surface area contributed by atoms with Crippen molar-refractivity contribution in [3.63, 3.8) is 0 Å². The summed E-state index contributed by atoms with van der Waals surface area (Å²) in [5.41, 5.74) is 1.05. The lowest BCUT2D eigenvalue weighted by molar-refractivity contribution is 0.247. The van der Waals surface area contributed by atoms with Crippen molar-refractivity contribution in [1.82, 2.24) is 14.9 Å². The molecule has 0 radical (unpaired) electrons. The molecule has 0 unspecified atom stereocenters. The SMILES string of the molecule is Cc1cc(N2CCN(C3CC3)CC2)ncn1. The van der Waals surface area contributed by atoms with E-state index in [1.54, 1.807) is 6.33 Å². The van der Waals surface area contributed by atoms with E-state index in [4.69, 9.17) is 0 Å². The van der Waals surface area contributed by atoms with Crippen LogP contribution in [0.3, 0.4) is 0 Å². The fraction of sp³-hybridized carbons (Fsp3) is 0.667. The van der Waals surface area contributed by atoms with Gasteiger partial charge in [0, 0.05) is 44.0 Å². The van der Waals surface area contributed by atoms with E-state index in [-0.39, 0.29) is 0 Å². The molecule has 2 aliphatic rings. The van der Waals surface area contributed by atoms with Gasteiger partial charge < -0.3 is 4.90 Å². The standard InChI is InChI=1S/C12H18N4/c1-10-8-12(14-9-13-10)16-6-4-15(5-7-16)11-2-3-11/h8-9,11H,2-7H2,1H3. The van der Waals surface area contributed by atoms with Gasteiger partial charge in [0.25, 0.3) is 0 Å². The van der Waals surface area contributed by atoms with Gasteiger partial charge in [-0.1, -0.05) is 0 Å². The highest BCUT2D eigenvalue weighted by Gasteiger charge is 2.31. The maximum absolute atomic E-state index is 4.35.